The molecule has 0 unspecified atom stereocenters. The van der Waals surface area contributed by atoms with Crippen LogP contribution in [0.1, 0.15) is 38.2 Å². The van der Waals surface area contributed by atoms with Gasteiger partial charge < -0.3 is 5.32 Å². The lowest BCUT2D eigenvalue weighted by molar-refractivity contribution is 0.794. The van der Waals surface area contributed by atoms with Crippen molar-refractivity contribution in [2.45, 2.75) is 39.0 Å². The number of benzene rings is 1. The van der Waals surface area contributed by atoms with E-state index in [1.54, 1.807) is 0 Å². The molecule has 0 bridgehead atoms. The van der Waals surface area contributed by atoms with Gasteiger partial charge in [0.2, 0.25) is 0 Å². The van der Waals surface area contributed by atoms with Crippen LogP contribution < -0.4 is 5.32 Å². The van der Waals surface area contributed by atoms with Gasteiger partial charge in [0.25, 0.3) is 0 Å². The van der Waals surface area contributed by atoms with Crippen LogP contribution in [0.15, 0.2) is 36.9 Å². The van der Waals surface area contributed by atoms with Gasteiger partial charge in [0, 0.05) is 12.2 Å². The van der Waals surface area contributed by atoms with Gasteiger partial charge in [0.1, 0.15) is 0 Å². The largest absolute Gasteiger partial charge is 0.385 e. The Kier molecular flexibility index (Phi) is 6.39. The number of allylic oxidation sites excluding steroid dienone is 1. The monoisotopic (exact) mass is 217 g/mol. The molecule has 0 fully saturated rings. The summed E-state index contributed by atoms with van der Waals surface area (Å²) in [5.74, 6) is 0. The average Bonchev–Trinajstić information content (AvgIpc) is 2.33. The van der Waals surface area contributed by atoms with Crippen molar-refractivity contribution in [2.75, 3.05) is 11.9 Å². The third-order valence-electron chi connectivity index (χ3n) is 2.72. The van der Waals surface area contributed by atoms with Crippen molar-refractivity contribution in [3.05, 3.63) is 42.5 Å². The van der Waals surface area contributed by atoms with Crippen LogP contribution in [0.2, 0.25) is 0 Å². The zero-order chi connectivity index (χ0) is 11.6. The Hall–Kier alpha value is -1.24. The van der Waals surface area contributed by atoms with Crippen molar-refractivity contribution in [3.8, 4) is 0 Å². The average molecular weight is 217 g/mol. The van der Waals surface area contributed by atoms with Crippen molar-refractivity contribution >= 4 is 5.69 Å². The number of para-hydroxylation sites is 1. The molecule has 0 aromatic heterocycles. The summed E-state index contributed by atoms with van der Waals surface area (Å²) in [4.78, 5) is 0. The van der Waals surface area contributed by atoms with Crippen LogP contribution in [0.5, 0.6) is 0 Å². The van der Waals surface area contributed by atoms with E-state index in [0.717, 1.165) is 19.4 Å². The van der Waals surface area contributed by atoms with E-state index in [9.17, 15) is 0 Å². The van der Waals surface area contributed by atoms with E-state index >= 15 is 0 Å². The van der Waals surface area contributed by atoms with Gasteiger partial charge in [-0.1, -0.05) is 37.6 Å². The summed E-state index contributed by atoms with van der Waals surface area (Å²) in [6.45, 7) is 7.01. The highest BCUT2D eigenvalue weighted by atomic mass is 14.9. The molecule has 0 saturated carbocycles. The van der Waals surface area contributed by atoms with Crippen LogP contribution in [0.25, 0.3) is 0 Å². The minimum atomic E-state index is 1.04. The van der Waals surface area contributed by atoms with Crippen molar-refractivity contribution in [2.24, 2.45) is 0 Å². The van der Waals surface area contributed by atoms with E-state index < -0.39 is 0 Å². The highest BCUT2D eigenvalue weighted by Gasteiger charge is 1.99. The standard InChI is InChI=1S/C15H23N/c1-3-5-9-13-16-15-12-8-7-11-14(15)10-6-4-2/h3,7-8,11-12,16H,1,4-6,9-10,13H2,2H3. The SMILES string of the molecule is C=CCCCNc1ccccc1CCCC. The first-order chi connectivity index (χ1) is 7.88. The first-order valence-corrected chi connectivity index (χ1v) is 6.31. The fraction of sp³-hybridized carbons (Fsp3) is 0.467. The number of anilines is 1. The van der Waals surface area contributed by atoms with Gasteiger partial charge >= 0.3 is 0 Å². The normalized spacial score (nSPS) is 10.1. The molecule has 16 heavy (non-hydrogen) atoms. The second-order valence-electron chi connectivity index (χ2n) is 4.12. The Labute approximate surface area is 99.6 Å². The molecule has 0 radical (unpaired) electrons. The Morgan fingerprint density at radius 2 is 2.06 bits per heavy atom. The predicted molar refractivity (Wildman–Crippen MR) is 73.0 cm³/mol. The number of aryl methyl sites for hydroxylation is 1. The van der Waals surface area contributed by atoms with Gasteiger partial charge in [0.05, 0.1) is 0 Å². The third-order valence-corrected chi connectivity index (χ3v) is 2.72. The van der Waals surface area contributed by atoms with E-state index in [4.69, 9.17) is 0 Å². The summed E-state index contributed by atoms with van der Waals surface area (Å²) >= 11 is 0. The Morgan fingerprint density at radius 3 is 2.81 bits per heavy atom. The molecular weight excluding hydrogens is 194 g/mol. The van der Waals surface area contributed by atoms with Crippen LogP contribution in [-0.4, -0.2) is 6.54 Å². The summed E-state index contributed by atoms with van der Waals surface area (Å²) in [5.41, 5.74) is 2.75. The van der Waals surface area contributed by atoms with E-state index in [2.05, 4.69) is 43.1 Å². The minimum absolute atomic E-state index is 1.04. The van der Waals surface area contributed by atoms with Crippen molar-refractivity contribution < 1.29 is 0 Å². The number of unbranched alkanes of at least 4 members (excludes halogenated alkanes) is 2. The Bertz CT molecular complexity index is 304. The van der Waals surface area contributed by atoms with Crippen LogP contribution >= 0.6 is 0 Å². The van der Waals surface area contributed by atoms with E-state index in [1.807, 2.05) is 6.08 Å². The first kappa shape index (κ1) is 12.8. The topological polar surface area (TPSA) is 12.0 Å². The summed E-state index contributed by atoms with van der Waals surface area (Å²) in [5, 5.41) is 3.51. The smallest absolute Gasteiger partial charge is 0.0372 e. The zero-order valence-electron chi connectivity index (χ0n) is 10.3. The molecular formula is C15H23N. The second kappa shape index (κ2) is 7.98. The van der Waals surface area contributed by atoms with Gasteiger partial charge in [-0.25, -0.2) is 0 Å². The number of hydrogen-bond acceptors (Lipinski definition) is 1. The van der Waals surface area contributed by atoms with Gasteiger partial charge in [0.15, 0.2) is 0 Å². The molecule has 0 saturated heterocycles. The Morgan fingerprint density at radius 1 is 1.25 bits per heavy atom. The quantitative estimate of drug-likeness (QED) is 0.502. The molecule has 0 amide bonds. The molecule has 1 aromatic carbocycles. The van der Waals surface area contributed by atoms with Crippen LogP contribution in [0.3, 0.4) is 0 Å². The number of rotatable bonds is 8. The highest BCUT2D eigenvalue weighted by Crippen LogP contribution is 2.17. The molecule has 88 valence electrons. The van der Waals surface area contributed by atoms with Crippen molar-refractivity contribution in [1.29, 1.82) is 0 Å². The summed E-state index contributed by atoms with van der Waals surface area (Å²) in [6.07, 6.45) is 7.93. The van der Waals surface area contributed by atoms with E-state index in [0.29, 0.717) is 0 Å². The lowest BCUT2D eigenvalue weighted by atomic mass is 10.1. The molecule has 1 rings (SSSR count). The molecule has 0 aliphatic heterocycles. The highest BCUT2D eigenvalue weighted by molar-refractivity contribution is 5.51. The van der Waals surface area contributed by atoms with Crippen LogP contribution in [0, 0.1) is 0 Å². The van der Waals surface area contributed by atoms with Crippen LogP contribution in [-0.2, 0) is 6.42 Å². The van der Waals surface area contributed by atoms with Crippen molar-refractivity contribution in [3.63, 3.8) is 0 Å². The van der Waals surface area contributed by atoms with Gasteiger partial charge in [-0.2, -0.15) is 0 Å². The maximum atomic E-state index is 3.74. The predicted octanol–water partition coefficient (Wildman–Crippen LogP) is 4.41. The lowest BCUT2D eigenvalue weighted by Crippen LogP contribution is -2.03. The third kappa shape index (κ3) is 4.52. The zero-order valence-corrected chi connectivity index (χ0v) is 10.3. The molecule has 0 atom stereocenters. The van der Waals surface area contributed by atoms with Gasteiger partial charge in [-0.3, -0.25) is 0 Å². The fourth-order valence-electron chi connectivity index (χ4n) is 1.75. The van der Waals surface area contributed by atoms with Crippen molar-refractivity contribution in [1.82, 2.24) is 0 Å². The summed E-state index contributed by atoms with van der Waals surface area (Å²) < 4.78 is 0. The maximum Gasteiger partial charge on any atom is 0.0372 e. The molecule has 0 aliphatic rings. The molecule has 1 nitrogen and oxygen atoms in total. The maximum absolute atomic E-state index is 3.74. The molecule has 1 heteroatoms. The summed E-state index contributed by atoms with van der Waals surface area (Å²) in [6, 6.07) is 8.63. The molecule has 0 spiro atoms. The fourth-order valence-corrected chi connectivity index (χ4v) is 1.75. The number of hydrogen-bond donors (Lipinski definition) is 1. The number of nitrogens with one attached hydrogen (secondary N) is 1. The minimum Gasteiger partial charge on any atom is -0.385 e. The lowest BCUT2D eigenvalue weighted by Gasteiger charge is -2.11. The van der Waals surface area contributed by atoms with E-state index in [1.165, 1.54) is 30.5 Å². The second-order valence-corrected chi connectivity index (χ2v) is 4.12. The van der Waals surface area contributed by atoms with Gasteiger partial charge in [-0.15, -0.1) is 6.58 Å². The van der Waals surface area contributed by atoms with E-state index in [-0.39, 0.29) is 0 Å². The summed E-state index contributed by atoms with van der Waals surface area (Å²) in [7, 11) is 0. The molecule has 1 aromatic rings. The first-order valence-electron chi connectivity index (χ1n) is 6.31. The molecule has 0 aliphatic carbocycles. The Balaban J connectivity index is 2.46. The molecule has 0 heterocycles. The van der Waals surface area contributed by atoms with Crippen LogP contribution in [0.4, 0.5) is 5.69 Å². The van der Waals surface area contributed by atoms with Gasteiger partial charge in [-0.05, 0) is 37.3 Å². The molecule has 1 N–H and O–H groups in total.